The van der Waals surface area contributed by atoms with Gasteiger partial charge in [-0.1, -0.05) is 30.3 Å². The first kappa shape index (κ1) is 18.6. The van der Waals surface area contributed by atoms with Crippen LogP contribution in [0.1, 0.15) is 31.1 Å². The third-order valence-corrected chi connectivity index (χ3v) is 5.57. The topological polar surface area (TPSA) is 36.4 Å². The molecule has 1 saturated heterocycles. The van der Waals surface area contributed by atoms with Gasteiger partial charge in [0.15, 0.2) is 0 Å². The van der Waals surface area contributed by atoms with E-state index >= 15 is 0 Å². The van der Waals surface area contributed by atoms with E-state index in [0.717, 1.165) is 53.8 Å². The average molecular weight is 374 g/mol. The van der Waals surface area contributed by atoms with Gasteiger partial charge in [-0.25, -0.2) is 0 Å². The summed E-state index contributed by atoms with van der Waals surface area (Å²) in [6.07, 6.45) is 1.89. The van der Waals surface area contributed by atoms with Gasteiger partial charge in [-0.05, 0) is 50.6 Å². The predicted octanol–water partition coefficient (Wildman–Crippen LogP) is 4.46. The summed E-state index contributed by atoms with van der Waals surface area (Å²) in [7, 11) is 0. The lowest BCUT2D eigenvalue weighted by Gasteiger charge is -2.42. The summed E-state index contributed by atoms with van der Waals surface area (Å²) < 4.78 is 0. The Morgan fingerprint density at radius 2 is 1.57 bits per heavy atom. The highest BCUT2D eigenvalue weighted by Crippen LogP contribution is 2.24. The van der Waals surface area contributed by atoms with E-state index in [1.807, 2.05) is 53.6 Å². The van der Waals surface area contributed by atoms with Crippen LogP contribution in [0, 0.1) is 0 Å². The average Bonchev–Trinajstić information content (AvgIpc) is 2.72. The standard InChI is InChI=1S/C24H27N3O/c1-24(2,3)27-14-12-26(13-15-27)23(28)19-10-8-18(9-11-19)21-16-20-6-4-5-7-22(20)25-17-21/h4-11,16-17H,12-15H2,1-3H3. The van der Waals surface area contributed by atoms with Crippen LogP contribution in [-0.2, 0) is 0 Å². The summed E-state index contributed by atoms with van der Waals surface area (Å²) >= 11 is 0. The molecule has 0 atom stereocenters. The van der Waals surface area contributed by atoms with Crippen LogP contribution < -0.4 is 0 Å². The van der Waals surface area contributed by atoms with Crippen molar-refractivity contribution in [2.75, 3.05) is 26.2 Å². The molecule has 28 heavy (non-hydrogen) atoms. The number of amides is 1. The fourth-order valence-corrected chi connectivity index (χ4v) is 3.80. The van der Waals surface area contributed by atoms with Crippen LogP contribution in [0.4, 0.5) is 0 Å². The summed E-state index contributed by atoms with van der Waals surface area (Å²) in [5.41, 5.74) is 4.04. The Kier molecular flexibility index (Phi) is 4.90. The first-order chi connectivity index (χ1) is 13.4. The van der Waals surface area contributed by atoms with Crippen molar-refractivity contribution in [3.05, 3.63) is 66.4 Å². The molecule has 1 fully saturated rings. The molecule has 0 bridgehead atoms. The van der Waals surface area contributed by atoms with Gasteiger partial charge in [-0.3, -0.25) is 14.7 Å². The molecule has 144 valence electrons. The molecule has 2 aromatic carbocycles. The molecule has 4 heteroatoms. The summed E-state index contributed by atoms with van der Waals surface area (Å²) in [6.45, 7) is 10.1. The Bertz CT molecular complexity index is 981. The van der Waals surface area contributed by atoms with Crippen LogP contribution in [-0.4, -0.2) is 52.4 Å². The van der Waals surface area contributed by atoms with Crippen LogP contribution in [0.5, 0.6) is 0 Å². The van der Waals surface area contributed by atoms with Crippen molar-refractivity contribution in [2.24, 2.45) is 0 Å². The van der Waals surface area contributed by atoms with E-state index in [9.17, 15) is 4.79 Å². The maximum Gasteiger partial charge on any atom is 0.253 e. The Morgan fingerprint density at radius 1 is 0.893 bits per heavy atom. The number of fused-ring (bicyclic) bond motifs is 1. The Hall–Kier alpha value is -2.72. The van der Waals surface area contributed by atoms with E-state index in [0.29, 0.717) is 0 Å². The predicted molar refractivity (Wildman–Crippen MR) is 114 cm³/mol. The van der Waals surface area contributed by atoms with E-state index in [2.05, 4.69) is 42.8 Å². The van der Waals surface area contributed by atoms with Crippen LogP contribution in [0.25, 0.3) is 22.0 Å². The number of aromatic nitrogens is 1. The lowest BCUT2D eigenvalue weighted by atomic mass is 10.0. The smallest absolute Gasteiger partial charge is 0.253 e. The molecule has 0 aliphatic carbocycles. The van der Waals surface area contributed by atoms with Gasteiger partial charge in [0.05, 0.1) is 5.52 Å². The van der Waals surface area contributed by atoms with Crippen molar-refractivity contribution >= 4 is 16.8 Å². The number of carbonyl (C=O) groups excluding carboxylic acids is 1. The molecule has 1 amide bonds. The SMILES string of the molecule is CC(C)(C)N1CCN(C(=O)c2ccc(-c3cnc4ccccc4c3)cc2)CC1. The number of piperazine rings is 1. The van der Waals surface area contributed by atoms with E-state index in [4.69, 9.17) is 0 Å². The normalized spacial score (nSPS) is 15.8. The number of pyridine rings is 1. The van der Waals surface area contributed by atoms with Gasteiger partial charge in [0.2, 0.25) is 0 Å². The van der Waals surface area contributed by atoms with Gasteiger partial charge in [0.1, 0.15) is 0 Å². The van der Waals surface area contributed by atoms with E-state index in [1.165, 1.54) is 0 Å². The highest BCUT2D eigenvalue weighted by molar-refractivity contribution is 5.95. The summed E-state index contributed by atoms with van der Waals surface area (Å²) in [4.78, 5) is 21.8. The Morgan fingerprint density at radius 3 is 2.25 bits per heavy atom. The second-order valence-electron chi connectivity index (χ2n) is 8.44. The zero-order valence-electron chi connectivity index (χ0n) is 16.9. The largest absolute Gasteiger partial charge is 0.336 e. The van der Waals surface area contributed by atoms with Crippen LogP contribution in [0.2, 0.25) is 0 Å². The number of hydrogen-bond acceptors (Lipinski definition) is 3. The number of rotatable bonds is 2. The number of benzene rings is 2. The van der Waals surface area contributed by atoms with Crippen molar-refractivity contribution < 1.29 is 4.79 Å². The Labute approximate surface area is 166 Å². The van der Waals surface area contributed by atoms with Crippen molar-refractivity contribution in [1.29, 1.82) is 0 Å². The molecule has 0 spiro atoms. The quantitative estimate of drug-likeness (QED) is 0.665. The maximum atomic E-state index is 12.9. The molecular weight excluding hydrogens is 346 g/mol. The molecule has 3 aromatic rings. The van der Waals surface area contributed by atoms with Gasteiger partial charge in [-0.2, -0.15) is 0 Å². The van der Waals surface area contributed by atoms with Gasteiger partial charge >= 0.3 is 0 Å². The molecule has 1 aliphatic rings. The maximum absolute atomic E-state index is 12.9. The summed E-state index contributed by atoms with van der Waals surface area (Å²) in [5.74, 6) is 0.122. The highest BCUT2D eigenvalue weighted by Gasteiger charge is 2.28. The summed E-state index contributed by atoms with van der Waals surface area (Å²) in [5, 5.41) is 1.12. The molecule has 1 aliphatic heterocycles. The van der Waals surface area contributed by atoms with Gasteiger partial charge in [-0.15, -0.1) is 0 Å². The molecule has 0 N–H and O–H groups in total. The molecule has 1 aromatic heterocycles. The van der Waals surface area contributed by atoms with Crippen LogP contribution >= 0.6 is 0 Å². The molecule has 2 heterocycles. The van der Waals surface area contributed by atoms with Crippen molar-refractivity contribution in [2.45, 2.75) is 26.3 Å². The van der Waals surface area contributed by atoms with E-state index in [-0.39, 0.29) is 11.4 Å². The molecular formula is C24H27N3O. The number of carbonyl (C=O) groups is 1. The van der Waals surface area contributed by atoms with E-state index < -0.39 is 0 Å². The van der Waals surface area contributed by atoms with Crippen molar-refractivity contribution in [1.82, 2.24) is 14.8 Å². The van der Waals surface area contributed by atoms with Crippen molar-refractivity contribution in [3.8, 4) is 11.1 Å². The number of para-hydroxylation sites is 1. The summed E-state index contributed by atoms with van der Waals surface area (Å²) in [6, 6.07) is 18.2. The fraction of sp³-hybridized carbons (Fsp3) is 0.333. The third-order valence-electron chi connectivity index (χ3n) is 5.57. The third kappa shape index (κ3) is 3.78. The van der Waals surface area contributed by atoms with Crippen molar-refractivity contribution in [3.63, 3.8) is 0 Å². The molecule has 0 unspecified atom stereocenters. The first-order valence-corrected chi connectivity index (χ1v) is 9.91. The fourth-order valence-electron chi connectivity index (χ4n) is 3.80. The van der Waals surface area contributed by atoms with Gasteiger partial charge in [0.25, 0.3) is 5.91 Å². The lowest BCUT2D eigenvalue weighted by molar-refractivity contribution is 0.0451. The highest BCUT2D eigenvalue weighted by atomic mass is 16.2. The van der Waals surface area contributed by atoms with Crippen LogP contribution in [0.15, 0.2) is 60.8 Å². The minimum atomic E-state index is 0.122. The number of hydrogen-bond donors (Lipinski definition) is 0. The van der Waals surface area contributed by atoms with Crippen LogP contribution in [0.3, 0.4) is 0 Å². The molecule has 4 nitrogen and oxygen atoms in total. The molecule has 4 rings (SSSR count). The van der Waals surface area contributed by atoms with Gasteiger partial charge in [0, 0.05) is 54.4 Å². The lowest BCUT2D eigenvalue weighted by Crippen LogP contribution is -2.54. The minimum absolute atomic E-state index is 0.122. The zero-order valence-corrected chi connectivity index (χ0v) is 16.9. The Balaban J connectivity index is 1.47. The zero-order chi connectivity index (χ0) is 19.7. The second-order valence-corrected chi connectivity index (χ2v) is 8.44. The molecule has 0 radical (unpaired) electrons. The molecule has 0 saturated carbocycles. The van der Waals surface area contributed by atoms with E-state index in [1.54, 1.807) is 0 Å². The van der Waals surface area contributed by atoms with Gasteiger partial charge < -0.3 is 4.90 Å². The number of nitrogens with zero attached hydrogens (tertiary/aromatic N) is 3. The first-order valence-electron chi connectivity index (χ1n) is 9.91. The minimum Gasteiger partial charge on any atom is -0.336 e. The monoisotopic (exact) mass is 373 g/mol. The second kappa shape index (κ2) is 7.36.